The smallest absolute Gasteiger partial charge is 0.380 e. The van der Waals surface area contributed by atoms with Crippen molar-refractivity contribution in [2.24, 2.45) is 0 Å². The first-order valence-corrected chi connectivity index (χ1v) is 11.6. The zero-order chi connectivity index (χ0) is 14.4. The summed E-state index contributed by atoms with van der Waals surface area (Å²) in [4.78, 5) is 0. The van der Waals surface area contributed by atoms with Gasteiger partial charge >= 0.3 is 8.32 Å². The van der Waals surface area contributed by atoms with Crippen LogP contribution in [0.25, 0.3) is 0 Å². The van der Waals surface area contributed by atoms with Crippen LogP contribution >= 0.6 is 0 Å². The summed E-state index contributed by atoms with van der Waals surface area (Å²) in [6, 6.07) is 1.18. The fourth-order valence-electron chi connectivity index (χ4n) is 2.14. The molecular weight excluding hydrogens is 272 g/mol. The zero-order valence-electron chi connectivity index (χ0n) is 13.3. The van der Waals surface area contributed by atoms with Crippen LogP contribution in [0.5, 0.6) is 0 Å². The molecule has 0 aromatic rings. The van der Waals surface area contributed by atoms with Gasteiger partial charge in [-0.25, -0.2) is 0 Å². The lowest BCUT2D eigenvalue weighted by Gasteiger charge is -2.24. The Kier molecular flexibility index (Phi) is 13.5. The maximum Gasteiger partial charge on any atom is 0.463 e. The van der Waals surface area contributed by atoms with Crippen LogP contribution in [0.4, 0.5) is 0 Å². The molecule has 0 unspecified atom stereocenters. The summed E-state index contributed by atoms with van der Waals surface area (Å²) in [5.41, 5.74) is 0. The highest BCUT2D eigenvalue weighted by Gasteiger charge is 2.36. The van der Waals surface area contributed by atoms with Gasteiger partial charge in [0.15, 0.2) is 0 Å². The van der Waals surface area contributed by atoms with Crippen molar-refractivity contribution >= 4 is 17.4 Å². The molecule has 114 valence electrons. The van der Waals surface area contributed by atoms with Crippen molar-refractivity contribution in [2.75, 3.05) is 21.3 Å². The molecular formula is C14H32O3Si2. The molecule has 0 saturated heterocycles. The number of unbranched alkanes of at least 4 members (excludes halogenated alkanes) is 8. The fraction of sp³-hybridized carbons (Fsp3) is 1.00. The lowest BCUT2D eigenvalue weighted by Crippen LogP contribution is -2.49. The Morgan fingerprint density at radius 2 is 1.11 bits per heavy atom. The largest absolute Gasteiger partial charge is 0.463 e. The third kappa shape index (κ3) is 9.79. The second-order valence-electron chi connectivity index (χ2n) is 4.92. The Labute approximate surface area is 123 Å². The maximum absolute atomic E-state index is 5.43. The summed E-state index contributed by atoms with van der Waals surface area (Å²) < 4.78 is 16.3. The van der Waals surface area contributed by atoms with Crippen LogP contribution in [0.1, 0.15) is 64.7 Å². The third-order valence-corrected chi connectivity index (χ3v) is 9.96. The molecule has 0 atom stereocenters. The van der Waals surface area contributed by atoms with Crippen molar-refractivity contribution in [3.05, 3.63) is 0 Å². The molecule has 0 fully saturated rings. The molecule has 0 aromatic carbocycles. The molecule has 0 spiro atoms. The second-order valence-corrected chi connectivity index (χ2v) is 11.0. The van der Waals surface area contributed by atoms with Crippen LogP contribution in [0.2, 0.25) is 6.04 Å². The van der Waals surface area contributed by atoms with Gasteiger partial charge in [0.25, 0.3) is 0 Å². The summed E-state index contributed by atoms with van der Waals surface area (Å²) in [5.74, 6) is 0. The number of hydrogen-bond donors (Lipinski definition) is 0. The third-order valence-electron chi connectivity index (χ3n) is 3.43. The molecule has 0 heterocycles. The van der Waals surface area contributed by atoms with Gasteiger partial charge in [-0.05, 0) is 0 Å². The van der Waals surface area contributed by atoms with Gasteiger partial charge in [0.05, 0.1) is 0 Å². The Bertz CT molecular complexity index is 179. The van der Waals surface area contributed by atoms with Crippen molar-refractivity contribution in [3.8, 4) is 0 Å². The average molecular weight is 305 g/mol. The molecule has 0 aliphatic carbocycles. The van der Waals surface area contributed by atoms with Gasteiger partial charge in [0.2, 0.25) is 0 Å². The molecule has 0 amide bonds. The molecule has 0 aliphatic heterocycles. The lowest BCUT2D eigenvalue weighted by molar-refractivity contribution is 0.148. The van der Waals surface area contributed by atoms with E-state index in [1.54, 1.807) is 21.3 Å². The van der Waals surface area contributed by atoms with E-state index in [1.807, 2.05) is 0 Å². The van der Waals surface area contributed by atoms with Gasteiger partial charge in [-0.15, -0.1) is 0 Å². The standard InChI is InChI=1S/C14H32O3Si2/c1-5-6-7-8-9-10-11-12-13-14-18-19(15-2,16-3)17-4/h5-14H2,1-4H3. The predicted octanol–water partition coefficient (Wildman–Crippen LogP) is 4.01. The molecule has 0 aliphatic rings. The minimum absolute atomic E-state index is 0.678. The van der Waals surface area contributed by atoms with Crippen molar-refractivity contribution in [2.45, 2.75) is 70.8 Å². The highest BCUT2D eigenvalue weighted by Crippen LogP contribution is 2.12. The van der Waals surface area contributed by atoms with Crippen molar-refractivity contribution < 1.29 is 13.3 Å². The first kappa shape index (κ1) is 19.3. The Morgan fingerprint density at radius 3 is 1.53 bits per heavy atom. The van der Waals surface area contributed by atoms with E-state index >= 15 is 0 Å². The van der Waals surface area contributed by atoms with Crippen molar-refractivity contribution in [3.63, 3.8) is 0 Å². The molecule has 0 saturated carbocycles. The van der Waals surface area contributed by atoms with E-state index in [0.717, 1.165) is 0 Å². The first-order valence-electron chi connectivity index (χ1n) is 7.65. The van der Waals surface area contributed by atoms with Gasteiger partial charge in [-0.3, -0.25) is 0 Å². The zero-order valence-corrected chi connectivity index (χ0v) is 15.3. The topological polar surface area (TPSA) is 27.7 Å². The molecule has 0 N–H and O–H groups in total. The minimum Gasteiger partial charge on any atom is -0.380 e. The molecule has 0 aromatic heterocycles. The SMILES string of the molecule is CCCCCCCCCCC[Si][Si](OC)(OC)OC. The van der Waals surface area contributed by atoms with E-state index in [-0.39, 0.29) is 0 Å². The Balaban J connectivity index is 3.35. The molecule has 5 heteroatoms. The summed E-state index contributed by atoms with van der Waals surface area (Å²) in [5, 5.41) is 0. The number of rotatable bonds is 14. The van der Waals surface area contributed by atoms with Gasteiger partial charge in [0.1, 0.15) is 9.04 Å². The Morgan fingerprint density at radius 1 is 0.684 bits per heavy atom. The van der Waals surface area contributed by atoms with Gasteiger partial charge < -0.3 is 13.3 Å². The molecule has 0 rings (SSSR count). The highest BCUT2D eigenvalue weighted by atomic mass is 29.2. The van der Waals surface area contributed by atoms with Crippen LogP contribution in [-0.4, -0.2) is 38.7 Å². The van der Waals surface area contributed by atoms with Crippen LogP contribution in [0, 0.1) is 0 Å². The van der Waals surface area contributed by atoms with Crippen LogP contribution in [0.15, 0.2) is 0 Å². The lowest BCUT2D eigenvalue weighted by atomic mass is 10.1. The van der Waals surface area contributed by atoms with Gasteiger partial charge in [0, 0.05) is 21.3 Å². The normalized spacial score (nSPS) is 12.0. The summed E-state index contributed by atoms with van der Waals surface area (Å²) in [6.45, 7) is 2.27. The van der Waals surface area contributed by atoms with E-state index < -0.39 is 8.32 Å². The quantitative estimate of drug-likeness (QED) is 0.358. The molecule has 0 bridgehead atoms. The summed E-state index contributed by atoms with van der Waals surface area (Å²) >= 11 is 0. The van der Waals surface area contributed by atoms with Gasteiger partial charge in [-0.1, -0.05) is 70.8 Å². The summed E-state index contributed by atoms with van der Waals surface area (Å²) in [7, 11) is 3.49. The van der Waals surface area contributed by atoms with E-state index in [1.165, 1.54) is 63.8 Å². The van der Waals surface area contributed by atoms with E-state index in [2.05, 4.69) is 6.92 Å². The molecule has 3 nitrogen and oxygen atoms in total. The van der Waals surface area contributed by atoms with Crippen LogP contribution < -0.4 is 0 Å². The van der Waals surface area contributed by atoms with Crippen molar-refractivity contribution in [1.82, 2.24) is 0 Å². The summed E-state index contributed by atoms with van der Waals surface area (Å²) in [6.07, 6.45) is 12.4. The van der Waals surface area contributed by atoms with Crippen molar-refractivity contribution in [1.29, 1.82) is 0 Å². The van der Waals surface area contributed by atoms with E-state index in [4.69, 9.17) is 13.3 Å². The van der Waals surface area contributed by atoms with Gasteiger partial charge in [-0.2, -0.15) is 0 Å². The second kappa shape index (κ2) is 13.3. The predicted molar refractivity (Wildman–Crippen MR) is 84.6 cm³/mol. The fourth-order valence-corrected chi connectivity index (χ4v) is 6.56. The Hall–Kier alpha value is 0.314. The minimum atomic E-state index is -2.28. The molecule has 2 radical (unpaired) electrons. The van der Waals surface area contributed by atoms with Crippen LogP contribution in [-0.2, 0) is 13.3 Å². The van der Waals surface area contributed by atoms with E-state index in [0.29, 0.717) is 9.04 Å². The first-order chi connectivity index (χ1) is 9.24. The average Bonchev–Trinajstić information content (AvgIpc) is 2.46. The maximum atomic E-state index is 5.43. The highest BCUT2D eigenvalue weighted by molar-refractivity contribution is 7.14. The number of hydrogen-bond acceptors (Lipinski definition) is 3. The molecule has 19 heavy (non-hydrogen) atoms. The van der Waals surface area contributed by atoms with Crippen LogP contribution in [0.3, 0.4) is 0 Å². The monoisotopic (exact) mass is 304 g/mol. The van der Waals surface area contributed by atoms with E-state index in [9.17, 15) is 0 Å².